The number of aryl methyl sites for hydroxylation is 1. The molecule has 0 aliphatic rings. The first-order valence-corrected chi connectivity index (χ1v) is 6.85. The third-order valence-electron chi connectivity index (χ3n) is 2.54. The molecule has 1 heterocycles. The Morgan fingerprint density at radius 2 is 2.17 bits per heavy atom. The van der Waals surface area contributed by atoms with Gasteiger partial charge in [0.25, 0.3) is 0 Å². The summed E-state index contributed by atoms with van der Waals surface area (Å²) in [4.78, 5) is 9.63. The van der Waals surface area contributed by atoms with Crippen molar-refractivity contribution < 1.29 is 0 Å². The zero-order valence-corrected chi connectivity index (χ0v) is 11.5. The van der Waals surface area contributed by atoms with Crippen LogP contribution >= 0.6 is 11.8 Å². The Bertz CT molecular complexity index is 500. The molecule has 3 nitrogen and oxygen atoms in total. The normalized spacial score (nSPS) is 10.6. The summed E-state index contributed by atoms with van der Waals surface area (Å²) in [5.41, 5.74) is 2.60. The summed E-state index contributed by atoms with van der Waals surface area (Å²) in [6.45, 7) is 6.10. The molecule has 0 fully saturated rings. The average molecular weight is 259 g/mol. The van der Waals surface area contributed by atoms with E-state index in [1.54, 1.807) is 30.4 Å². The molecular formula is C14H17N3S. The van der Waals surface area contributed by atoms with Crippen molar-refractivity contribution in [3.63, 3.8) is 0 Å². The van der Waals surface area contributed by atoms with Gasteiger partial charge in [-0.2, -0.15) is 0 Å². The van der Waals surface area contributed by atoms with Crippen LogP contribution in [0.4, 0.5) is 0 Å². The zero-order valence-electron chi connectivity index (χ0n) is 10.7. The molecule has 0 spiro atoms. The molecule has 1 aromatic carbocycles. The van der Waals surface area contributed by atoms with E-state index in [9.17, 15) is 0 Å². The molecule has 0 aliphatic carbocycles. The molecule has 0 saturated heterocycles. The van der Waals surface area contributed by atoms with Crippen LogP contribution < -0.4 is 5.32 Å². The molecule has 18 heavy (non-hydrogen) atoms. The summed E-state index contributed by atoms with van der Waals surface area (Å²) >= 11 is 1.66. The maximum absolute atomic E-state index is 4.30. The van der Waals surface area contributed by atoms with Crippen LogP contribution in [0.25, 0.3) is 0 Å². The topological polar surface area (TPSA) is 37.8 Å². The van der Waals surface area contributed by atoms with Crippen molar-refractivity contribution in [2.24, 2.45) is 0 Å². The molecule has 4 heteroatoms. The summed E-state index contributed by atoms with van der Waals surface area (Å²) in [6.07, 6.45) is 5.21. The van der Waals surface area contributed by atoms with Gasteiger partial charge in [-0.25, -0.2) is 4.98 Å². The van der Waals surface area contributed by atoms with E-state index in [-0.39, 0.29) is 0 Å². The van der Waals surface area contributed by atoms with Gasteiger partial charge in [0.2, 0.25) is 0 Å². The summed E-state index contributed by atoms with van der Waals surface area (Å²) in [7, 11) is 0. The van der Waals surface area contributed by atoms with Gasteiger partial charge in [0.05, 0.1) is 6.20 Å². The van der Waals surface area contributed by atoms with Gasteiger partial charge in [-0.1, -0.05) is 36.4 Å². The van der Waals surface area contributed by atoms with Gasteiger partial charge in [0.15, 0.2) is 0 Å². The third kappa shape index (κ3) is 3.55. The number of hydrogen-bond donors (Lipinski definition) is 1. The summed E-state index contributed by atoms with van der Waals surface area (Å²) in [5.74, 6) is 0. The highest BCUT2D eigenvalue weighted by Gasteiger charge is 2.05. The lowest BCUT2D eigenvalue weighted by molar-refractivity contribution is 0.717. The predicted octanol–water partition coefficient (Wildman–Crippen LogP) is 3.05. The maximum atomic E-state index is 4.30. The molecule has 0 amide bonds. The number of benzene rings is 1. The number of aromatic nitrogens is 2. The summed E-state index contributed by atoms with van der Waals surface area (Å²) in [6, 6.07) is 6.51. The Morgan fingerprint density at radius 1 is 1.28 bits per heavy atom. The second-order valence-electron chi connectivity index (χ2n) is 4.04. The van der Waals surface area contributed by atoms with E-state index in [0.29, 0.717) is 0 Å². The highest BCUT2D eigenvalue weighted by atomic mass is 32.2. The van der Waals surface area contributed by atoms with E-state index in [1.807, 2.05) is 0 Å². The van der Waals surface area contributed by atoms with E-state index in [0.717, 1.165) is 18.1 Å². The fourth-order valence-electron chi connectivity index (χ4n) is 1.66. The lowest BCUT2D eigenvalue weighted by Gasteiger charge is -2.10. The van der Waals surface area contributed by atoms with E-state index in [1.165, 1.54) is 16.0 Å². The monoisotopic (exact) mass is 259 g/mol. The highest BCUT2D eigenvalue weighted by molar-refractivity contribution is 7.99. The molecule has 94 valence electrons. The molecule has 0 unspecified atom stereocenters. The third-order valence-corrected chi connectivity index (χ3v) is 3.57. The van der Waals surface area contributed by atoms with Crippen molar-refractivity contribution >= 4 is 11.8 Å². The van der Waals surface area contributed by atoms with Crippen molar-refractivity contribution in [2.75, 3.05) is 6.54 Å². The minimum atomic E-state index is 0.890. The molecule has 0 bridgehead atoms. The van der Waals surface area contributed by atoms with Gasteiger partial charge < -0.3 is 5.32 Å². The minimum absolute atomic E-state index is 0.890. The standard InChI is InChI=1S/C14H17N3S/c1-3-15-9-12-8-11(2)4-5-13(12)18-14-10-16-6-7-17-14/h4-8,10,15H,3,9H2,1-2H3. The first kappa shape index (κ1) is 13.1. The van der Waals surface area contributed by atoms with E-state index in [4.69, 9.17) is 0 Å². The van der Waals surface area contributed by atoms with Crippen molar-refractivity contribution in [1.82, 2.24) is 15.3 Å². The van der Waals surface area contributed by atoms with Crippen molar-refractivity contribution in [3.8, 4) is 0 Å². The molecule has 0 atom stereocenters. The molecule has 1 N–H and O–H groups in total. The van der Waals surface area contributed by atoms with Crippen LogP contribution in [0.5, 0.6) is 0 Å². The van der Waals surface area contributed by atoms with E-state index >= 15 is 0 Å². The van der Waals surface area contributed by atoms with E-state index < -0.39 is 0 Å². The Morgan fingerprint density at radius 3 is 2.89 bits per heavy atom. The molecular weight excluding hydrogens is 242 g/mol. The summed E-state index contributed by atoms with van der Waals surface area (Å²) in [5, 5.41) is 4.30. The lowest BCUT2D eigenvalue weighted by Crippen LogP contribution is -2.12. The van der Waals surface area contributed by atoms with Gasteiger partial charge in [-0.05, 0) is 25.1 Å². The molecule has 2 aromatic rings. The van der Waals surface area contributed by atoms with Gasteiger partial charge in [0, 0.05) is 23.8 Å². The Hall–Kier alpha value is -1.39. The van der Waals surface area contributed by atoms with E-state index in [2.05, 4.69) is 47.3 Å². The second kappa shape index (κ2) is 6.52. The smallest absolute Gasteiger partial charge is 0.119 e. The second-order valence-corrected chi connectivity index (χ2v) is 5.10. The van der Waals surface area contributed by atoms with Crippen molar-refractivity contribution in [2.45, 2.75) is 30.3 Å². The lowest BCUT2D eigenvalue weighted by atomic mass is 10.1. The number of rotatable bonds is 5. The largest absolute Gasteiger partial charge is 0.313 e. The predicted molar refractivity (Wildman–Crippen MR) is 74.7 cm³/mol. The quantitative estimate of drug-likeness (QED) is 0.895. The summed E-state index contributed by atoms with van der Waals surface area (Å²) < 4.78 is 0. The van der Waals surface area contributed by atoms with Crippen LogP contribution in [0.15, 0.2) is 46.7 Å². The van der Waals surface area contributed by atoms with Crippen LogP contribution in [-0.4, -0.2) is 16.5 Å². The zero-order chi connectivity index (χ0) is 12.8. The fourth-order valence-corrected chi connectivity index (χ4v) is 2.51. The van der Waals surface area contributed by atoms with Crippen molar-refractivity contribution in [1.29, 1.82) is 0 Å². The van der Waals surface area contributed by atoms with Gasteiger partial charge in [0.1, 0.15) is 5.03 Å². The number of hydrogen-bond acceptors (Lipinski definition) is 4. The maximum Gasteiger partial charge on any atom is 0.119 e. The Labute approximate surface area is 112 Å². The SMILES string of the molecule is CCNCc1cc(C)ccc1Sc1cnccn1. The van der Waals surface area contributed by atoms with Gasteiger partial charge >= 0.3 is 0 Å². The van der Waals surface area contributed by atoms with Crippen LogP contribution in [0.1, 0.15) is 18.1 Å². The molecule has 1 aromatic heterocycles. The van der Waals surface area contributed by atoms with Crippen LogP contribution in [-0.2, 0) is 6.54 Å². The van der Waals surface area contributed by atoms with Gasteiger partial charge in [-0.15, -0.1) is 0 Å². The van der Waals surface area contributed by atoms with Crippen LogP contribution in [0.3, 0.4) is 0 Å². The first-order chi connectivity index (χ1) is 8.79. The molecule has 0 aliphatic heterocycles. The number of nitrogens with zero attached hydrogens (tertiary/aromatic N) is 2. The van der Waals surface area contributed by atoms with Gasteiger partial charge in [-0.3, -0.25) is 4.98 Å². The molecule has 0 saturated carbocycles. The van der Waals surface area contributed by atoms with Crippen LogP contribution in [0.2, 0.25) is 0 Å². The highest BCUT2D eigenvalue weighted by Crippen LogP contribution is 2.29. The van der Waals surface area contributed by atoms with Crippen molar-refractivity contribution in [3.05, 3.63) is 47.9 Å². The molecule has 2 rings (SSSR count). The number of nitrogens with one attached hydrogen (secondary N) is 1. The first-order valence-electron chi connectivity index (χ1n) is 6.03. The van der Waals surface area contributed by atoms with Crippen LogP contribution in [0, 0.1) is 6.92 Å². The molecule has 0 radical (unpaired) electrons. The Balaban J connectivity index is 2.21. The minimum Gasteiger partial charge on any atom is -0.313 e. The fraction of sp³-hybridized carbons (Fsp3) is 0.286. The Kier molecular flexibility index (Phi) is 4.73. The average Bonchev–Trinajstić information content (AvgIpc) is 2.40.